The van der Waals surface area contributed by atoms with E-state index in [1.165, 1.54) is 74.2 Å². The molecular formula is C40H43N6O6S6-. The van der Waals surface area contributed by atoms with Gasteiger partial charge >= 0.3 is 5.50 Å². The molecule has 5 aromatic rings. The largest absolute Gasteiger partial charge is 0.744 e. The van der Waals surface area contributed by atoms with Crippen molar-refractivity contribution in [1.29, 1.82) is 0 Å². The van der Waals surface area contributed by atoms with Crippen LogP contribution in [0.2, 0.25) is 0 Å². The number of hydrogen-bond acceptors (Lipinski definition) is 14. The third-order valence-electron chi connectivity index (χ3n) is 10.3. The van der Waals surface area contributed by atoms with Gasteiger partial charge in [-0.2, -0.15) is 0 Å². The predicted molar refractivity (Wildman–Crippen MR) is 231 cm³/mol. The highest BCUT2D eigenvalue weighted by atomic mass is 32.2. The van der Waals surface area contributed by atoms with Crippen molar-refractivity contribution in [3.8, 4) is 0 Å². The second-order valence-corrected chi connectivity index (χ2v) is 21.1. The van der Waals surface area contributed by atoms with Crippen molar-refractivity contribution in [2.75, 3.05) is 11.4 Å². The smallest absolute Gasteiger partial charge is 0.303 e. The molecule has 1 N–H and O–H groups in total. The Labute approximate surface area is 355 Å². The van der Waals surface area contributed by atoms with Crippen LogP contribution in [-0.2, 0) is 26.8 Å². The molecular weight excluding hydrogens is 853 g/mol. The normalized spacial score (nSPS) is 21.1. The minimum absolute atomic E-state index is 0.0243. The van der Waals surface area contributed by atoms with Crippen LogP contribution in [0.5, 0.6) is 0 Å². The van der Waals surface area contributed by atoms with Gasteiger partial charge in [-0.1, -0.05) is 73.0 Å². The molecule has 4 aromatic carbocycles. The van der Waals surface area contributed by atoms with Crippen molar-refractivity contribution in [1.82, 2.24) is 4.57 Å². The molecule has 0 amide bonds. The average Bonchev–Trinajstić information content (AvgIpc) is 3.93. The van der Waals surface area contributed by atoms with E-state index in [2.05, 4.69) is 103 Å². The van der Waals surface area contributed by atoms with E-state index in [1.807, 2.05) is 0 Å². The van der Waals surface area contributed by atoms with Gasteiger partial charge in [0.25, 0.3) is 0 Å². The van der Waals surface area contributed by atoms with Crippen molar-refractivity contribution >= 4 is 87.8 Å². The highest BCUT2D eigenvalue weighted by Crippen LogP contribution is 2.48. The van der Waals surface area contributed by atoms with Crippen LogP contribution in [0.15, 0.2) is 113 Å². The lowest BCUT2D eigenvalue weighted by Crippen LogP contribution is -2.77. The number of aryl methyl sites for hydroxylation is 3. The Balaban J connectivity index is 0.000000177. The number of benzene rings is 4. The minimum atomic E-state index is -4.48. The minimum Gasteiger partial charge on any atom is -0.744 e. The molecule has 0 bridgehead atoms. The van der Waals surface area contributed by atoms with Gasteiger partial charge < -0.3 is 18.6 Å². The predicted octanol–water partition coefficient (Wildman–Crippen LogP) is 7.72. The Kier molecular flexibility index (Phi) is 12.7. The monoisotopic (exact) mass is 895 g/mol. The average molecular weight is 896 g/mol. The third-order valence-corrected chi connectivity index (χ3v) is 16.6. The molecule has 18 heteroatoms. The number of rotatable bonds is 9. The maximum atomic E-state index is 11.4. The molecule has 0 fully saturated rings. The number of fused-ring (bicyclic) bond motifs is 4. The summed E-state index contributed by atoms with van der Waals surface area (Å²) in [7, 11) is -8.93. The van der Waals surface area contributed by atoms with Gasteiger partial charge in [0.2, 0.25) is 4.80 Å². The van der Waals surface area contributed by atoms with Crippen molar-refractivity contribution in [2.24, 2.45) is 15.3 Å². The molecule has 306 valence electrons. The Bertz CT molecular complexity index is 2750. The molecule has 0 spiro atoms. The lowest BCUT2D eigenvalue weighted by Gasteiger charge is -2.17. The van der Waals surface area contributed by atoms with E-state index in [1.54, 1.807) is 35.2 Å². The van der Waals surface area contributed by atoms with Crippen molar-refractivity contribution in [3.63, 3.8) is 0 Å². The van der Waals surface area contributed by atoms with E-state index in [9.17, 15) is 25.9 Å². The molecule has 12 nitrogen and oxygen atoms in total. The van der Waals surface area contributed by atoms with Gasteiger partial charge in [-0.25, -0.2) is 16.8 Å². The summed E-state index contributed by atoms with van der Waals surface area (Å²) in [5.74, 6) is 0.228. The summed E-state index contributed by atoms with van der Waals surface area (Å²) in [6.07, 6.45) is 1.70. The van der Waals surface area contributed by atoms with Crippen molar-refractivity contribution in [2.45, 2.75) is 108 Å². The summed E-state index contributed by atoms with van der Waals surface area (Å²) in [6.45, 7) is 14.2. The zero-order valence-electron chi connectivity index (χ0n) is 32.7. The summed E-state index contributed by atoms with van der Waals surface area (Å²) in [6, 6.07) is 22.0. The molecule has 0 saturated carbocycles. The number of nitrogens with one attached hydrogen (secondary N) is 1. The van der Waals surface area contributed by atoms with Crippen LogP contribution >= 0.6 is 46.6 Å². The lowest BCUT2D eigenvalue weighted by atomic mass is 9.97. The summed E-state index contributed by atoms with van der Waals surface area (Å²) in [5.41, 5.74) is 6.88. The van der Waals surface area contributed by atoms with Crippen LogP contribution in [-0.4, -0.2) is 53.0 Å². The zero-order chi connectivity index (χ0) is 41.5. The first-order valence-corrected chi connectivity index (χ1v) is 25.1. The molecule has 4 unspecified atom stereocenters. The Morgan fingerprint density at radius 3 is 2.05 bits per heavy atom. The quantitative estimate of drug-likeness (QED) is 0.0877. The standard InChI is InChI=1S/C20H23N3O3S3.C20H21N3O3S3/c2*1-4-14-15-8-7-13(29(24,25)26)11-17(15)27-19(14)21-22-20-23(5-2)16-9-6-12(3)10-18(16)28-20/h6-11,14,19-20H,4-5H2,1-3H3,(H,24,25,26);6-11,14H,4-5H2,1-3H3,(H,24,25,26)/p-1/b;21-19-,22-20-. The molecule has 1 aromatic heterocycles. The van der Waals surface area contributed by atoms with E-state index in [0.717, 1.165) is 62.2 Å². The number of aromatic nitrogens is 1. The van der Waals surface area contributed by atoms with Crippen molar-refractivity contribution in [3.05, 3.63) is 99.9 Å². The SMILES string of the molecule is CCC1/C(=N/N=c2\sc3cc(C)ccc3n2CC)Sc2cc(S(=O)(=O)[O-])ccc21.CCC1c2ccc(S(=O)(=O)[O-])cc2SC1N=[NH+]C1Sc2cc(C)ccc2N1CC. The second kappa shape index (κ2) is 17.2. The molecule has 3 aliphatic heterocycles. The highest BCUT2D eigenvalue weighted by Gasteiger charge is 2.38. The van der Waals surface area contributed by atoms with Crippen molar-refractivity contribution < 1.29 is 31.1 Å². The van der Waals surface area contributed by atoms with Crippen LogP contribution < -0.4 is 14.8 Å². The molecule has 4 heterocycles. The first kappa shape index (κ1) is 42.6. The zero-order valence-corrected chi connectivity index (χ0v) is 37.6. The molecule has 58 heavy (non-hydrogen) atoms. The van der Waals surface area contributed by atoms with E-state index in [0.29, 0.717) is 0 Å². The summed E-state index contributed by atoms with van der Waals surface area (Å²) in [4.78, 5) is 5.57. The van der Waals surface area contributed by atoms with Crippen LogP contribution in [0.4, 0.5) is 5.69 Å². The van der Waals surface area contributed by atoms with Gasteiger partial charge in [0.05, 0.1) is 25.7 Å². The Morgan fingerprint density at radius 2 is 1.40 bits per heavy atom. The Morgan fingerprint density at radius 1 is 0.724 bits per heavy atom. The summed E-state index contributed by atoms with van der Waals surface area (Å²) >= 11 is 6.27. The van der Waals surface area contributed by atoms with Crippen LogP contribution in [0.25, 0.3) is 10.2 Å². The first-order valence-electron chi connectivity index (χ1n) is 18.9. The fourth-order valence-electron chi connectivity index (χ4n) is 7.32. The highest BCUT2D eigenvalue weighted by molar-refractivity contribution is 8.14. The molecule has 0 aliphatic carbocycles. The molecule has 4 atom stereocenters. The number of nitrogens with zero attached hydrogens (tertiary/aromatic N) is 5. The number of thioether (sulfide) groups is 3. The molecule has 8 rings (SSSR count). The fraction of sp³-hybridized carbons (Fsp3) is 0.350. The number of azo groups is 1. The van der Waals surface area contributed by atoms with Gasteiger partial charge in [0.1, 0.15) is 25.3 Å². The molecule has 0 saturated heterocycles. The van der Waals surface area contributed by atoms with Crippen LogP contribution in [0, 0.1) is 13.8 Å². The number of thiazole rings is 1. The third kappa shape index (κ3) is 8.71. The first-order chi connectivity index (χ1) is 27.6. The fourth-order valence-corrected chi connectivity index (χ4v) is 13.6. The molecule has 0 radical (unpaired) electrons. The maximum Gasteiger partial charge on any atom is 0.303 e. The lowest BCUT2D eigenvalue weighted by molar-refractivity contribution is -0.548. The van der Waals surface area contributed by atoms with Gasteiger partial charge in [0.15, 0.2) is 5.37 Å². The Hall–Kier alpha value is -3.49. The topological polar surface area (TPSA) is 174 Å². The van der Waals surface area contributed by atoms with E-state index >= 15 is 0 Å². The van der Waals surface area contributed by atoms with E-state index in [-0.39, 0.29) is 32.5 Å². The number of anilines is 1. The van der Waals surface area contributed by atoms with Gasteiger partial charge in [-0.05, 0) is 128 Å². The van der Waals surface area contributed by atoms with Crippen LogP contribution in [0.3, 0.4) is 0 Å². The maximum absolute atomic E-state index is 11.4. The van der Waals surface area contributed by atoms with Gasteiger partial charge in [-0.15, -0.1) is 15.3 Å². The summed E-state index contributed by atoms with van der Waals surface area (Å²) in [5, 5.41) is 18.0. The van der Waals surface area contributed by atoms with E-state index in [4.69, 9.17) is 5.11 Å². The van der Waals surface area contributed by atoms with E-state index < -0.39 is 20.2 Å². The second-order valence-electron chi connectivity index (χ2n) is 14.0. The van der Waals surface area contributed by atoms with Gasteiger partial charge in [0, 0.05) is 39.6 Å². The van der Waals surface area contributed by atoms with Gasteiger partial charge in [-0.3, -0.25) is 0 Å². The van der Waals surface area contributed by atoms with Crippen LogP contribution in [0.1, 0.15) is 74.6 Å². The molecule has 3 aliphatic rings. The summed E-state index contributed by atoms with van der Waals surface area (Å²) < 4.78 is 71.4. The number of hydrogen-bond donors (Lipinski definition) is 1.